The zero-order valence-corrected chi connectivity index (χ0v) is 13.8. The second-order valence-electron chi connectivity index (χ2n) is 5.84. The lowest BCUT2D eigenvalue weighted by molar-refractivity contribution is -0.275. The highest BCUT2D eigenvalue weighted by atomic mass is 32.2. The first-order valence-electron chi connectivity index (χ1n) is 7.68. The topological polar surface area (TPSA) is 55.4 Å². The molecule has 1 atom stereocenters. The third-order valence-corrected chi connectivity index (χ3v) is 5.38. The predicted molar refractivity (Wildman–Crippen MR) is 85.4 cm³/mol. The Morgan fingerprint density at radius 1 is 1.00 bits per heavy atom. The zero-order valence-electron chi connectivity index (χ0n) is 13.0. The molecule has 0 radical (unpaired) electrons. The third kappa shape index (κ3) is 4.52. The lowest BCUT2D eigenvalue weighted by atomic mass is 10.0. The summed E-state index contributed by atoms with van der Waals surface area (Å²) in [7, 11) is -4.19. The van der Waals surface area contributed by atoms with Crippen molar-refractivity contribution < 1.29 is 26.3 Å². The summed E-state index contributed by atoms with van der Waals surface area (Å²) in [6.45, 7) is 0. The standard InChI is InChI=1S/C17H16F3NO3S/c18-17(19,20)24-14-8-4-5-9-15(14)25(22,23)21-16(13-10-11-13)12-6-2-1-3-7-12/h1-9,13,16,21H,10-11H2. The Kier molecular flexibility index (Phi) is 4.75. The number of hydrogen-bond acceptors (Lipinski definition) is 3. The van der Waals surface area contributed by atoms with Crippen molar-refractivity contribution in [3.8, 4) is 5.75 Å². The van der Waals surface area contributed by atoms with Crippen molar-refractivity contribution in [2.24, 2.45) is 5.92 Å². The lowest BCUT2D eigenvalue weighted by Crippen LogP contribution is -2.31. The molecule has 3 rings (SSSR count). The fraction of sp³-hybridized carbons (Fsp3) is 0.294. The van der Waals surface area contributed by atoms with E-state index >= 15 is 0 Å². The van der Waals surface area contributed by atoms with E-state index in [0.717, 1.165) is 30.5 Å². The molecule has 0 spiro atoms. The van der Waals surface area contributed by atoms with Crippen LogP contribution in [-0.4, -0.2) is 14.8 Å². The van der Waals surface area contributed by atoms with Crippen molar-refractivity contribution in [1.29, 1.82) is 0 Å². The van der Waals surface area contributed by atoms with Gasteiger partial charge < -0.3 is 4.74 Å². The summed E-state index contributed by atoms with van der Waals surface area (Å²) < 4.78 is 69.4. The summed E-state index contributed by atoms with van der Waals surface area (Å²) in [6.07, 6.45) is -3.24. The second-order valence-corrected chi connectivity index (χ2v) is 7.52. The highest BCUT2D eigenvalue weighted by Gasteiger charge is 2.38. The van der Waals surface area contributed by atoms with Crippen LogP contribution in [0.1, 0.15) is 24.4 Å². The van der Waals surface area contributed by atoms with Gasteiger partial charge in [-0.3, -0.25) is 0 Å². The van der Waals surface area contributed by atoms with Crippen molar-refractivity contribution >= 4 is 10.0 Å². The van der Waals surface area contributed by atoms with Crippen LogP contribution in [0.2, 0.25) is 0 Å². The van der Waals surface area contributed by atoms with Gasteiger partial charge >= 0.3 is 6.36 Å². The van der Waals surface area contributed by atoms with E-state index in [2.05, 4.69) is 9.46 Å². The fourth-order valence-corrected chi connectivity index (χ4v) is 4.06. The number of halogens is 3. The van der Waals surface area contributed by atoms with Crippen LogP contribution < -0.4 is 9.46 Å². The number of para-hydroxylation sites is 1. The summed E-state index contributed by atoms with van der Waals surface area (Å²) in [6, 6.07) is 13.2. The smallest absolute Gasteiger partial charge is 0.404 e. The first-order valence-corrected chi connectivity index (χ1v) is 9.17. The van der Waals surface area contributed by atoms with Gasteiger partial charge in [0.1, 0.15) is 10.6 Å². The summed E-state index contributed by atoms with van der Waals surface area (Å²) in [5, 5.41) is 0. The minimum absolute atomic E-state index is 0.132. The molecular formula is C17H16F3NO3S. The Bertz CT molecular complexity index is 834. The van der Waals surface area contributed by atoms with Gasteiger partial charge in [0, 0.05) is 6.04 Å². The number of rotatable bonds is 6. The molecule has 1 aliphatic rings. The predicted octanol–water partition coefficient (Wildman–Crippen LogP) is 4.01. The minimum atomic E-state index is -4.97. The Morgan fingerprint density at radius 3 is 2.20 bits per heavy atom. The third-order valence-electron chi connectivity index (χ3n) is 3.90. The number of hydrogen-bond donors (Lipinski definition) is 1. The van der Waals surface area contributed by atoms with Gasteiger partial charge in [-0.05, 0) is 36.5 Å². The van der Waals surface area contributed by atoms with Crippen LogP contribution in [0.25, 0.3) is 0 Å². The van der Waals surface area contributed by atoms with Crippen LogP contribution in [0.3, 0.4) is 0 Å². The van der Waals surface area contributed by atoms with Crippen LogP contribution in [0.4, 0.5) is 13.2 Å². The zero-order chi connectivity index (χ0) is 18.1. The van der Waals surface area contributed by atoms with Gasteiger partial charge in [0.25, 0.3) is 0 Å². The fourth-order valence-electron chi connectivity index (χ4n) is 2.64. The molecule has 25 heavy (non-hydrogen) atoms. The van der Waals surface area contributed by atoms with Crippen LogP contribution in [-0.2, 0) is 10.0 Å². The molecule has 1 N–H and O–H groups in total. The molecule has 1 unspecified atom stereocenters. The van der Waals surface area contributed by atoms with Gasteiger partial charge in [-0.1, -0.05) is 42.5 Å². The molecule has 1 fully saturated rings. The van der Waals surface area contributed by atoms with E-state index in [1.54, 1.807) is 24.3 Å². The van der Waals surface area contributed by atoms with E-state index in [4.69, 9.17) is 0 Å². The maximum absolute atomic E-state index is 12.7. The van der Waals surface area contributed by atoms with Gasteiger partial charge in [0.05, 0.1) is 0 Å². The van der Waals surface area contributed by atoms with Gasteiger partial charge in [-0.25, -0.2) is 13.1 Å². The molecule has 2 aromatic rings. The lowest BCUT2D eigenvalue weighted by Gasteiger charge is -2.20. The normalized spacial score (nSPS) is 16.4. The molecule has 0 saturated heterocycles. The van der Waals surface area contributed by atoms with Crippen molar-refractivity contribution in [2.45, 2.75) is 30.1 Å². The molecule has 0 aromatic heterocycles. The van der Waals surface area contributed by atoms with Gasteiger partial charge in [-0.2, -0.15) is 0 Å². The molecular weight excluding hydrogens is 355 g/mol. The van der Waals surface area contributed by atoms with E-state index in [1.165, 1.54) is 12.1 Å². The monoisotopic (exact) mass is 371 g/mol. The van der Waals surface area contributed by atoms with E-state index < -0.39 is 33.1 Å². The number of benzene rings is 2. The highest BCUT2D eigenvalue weighted by molar-refractivity contribution is 7.89. The van der Waals surface area contributed by atoms with E-state index in [-0.39, 0.29) is 5.92 Å². The summed E-state index contributed by atoms with van der Waals surface area (Å²) in [5.74, 6) is -0.613. The molecule has 0 bridgehead atoms. The molecule has 8 heteroatoms. The van der Waals surface area contributed by atoms with E-state index in [9.17, 15) is 21.6 Å². The number of sulfonamides is 1. The van der Waals surface area contributed by atoms with Crippen LogP contribution in [0.15, 0.2) is 59.5 Å². The number of ether oxygens (including phenoxy) is 1. The van der Waals surface area contributed by atoms with Gasteiger partial charge in [0.15, 0.2) is 0 Å². The molecule has 0 amide bonds. The number of nitrogens with one attached hydrogen (secondary N) is 1. The van der Waals surface area contributed by atoms with Crippen molar-refractivity contribution in [3.63, 3.8) is 0 Å². The first kappa shape index (κ1) is 17.8. The van der Waals surface area contributed by atoms with E-state index in [0.29, 0.717) is 0 Å². The molecule has 0 aliphatic heterocycles. The number of alkyl halides is 3. The Balaban J connectivity index is 1.91. The van der Waals surface area contributed by atoms with E-state index in [1.807, 2.05) is 6.07 Å². The second kappa shape index (κ2) is 6.68. The van der Waals surface area contributed by atoms with Crippen LogP contribution in [0.5, 0.6) is 5.75 Å². The van der Waals surface area contributed by atoms with Crippen LogP contribution in [0, 0.1) is 5.92 Å². The largest absolute Gasteiger partial charge is 0.573 e. The van der Waals surface area contributed by atoms with Gasteiger partial charge in [0.2, 0.25) is 10.0 Å². The Hall–Kier alpha value is -2.06. The molecule has 4 nitrogen and oxygen atoms in total. The minimum Gasteiger partial charge on any atom is -0.404 e. The molecule has 2 aromatic carbocycles. The average Bonchev–Trinajstić information content (AvgIpc) is 3.37. The van der Waals surface area contributed by atoms with Crippen molar-refractivity contribution in [2.75, 3.05) is 0 Å². The molecule has 134 valence electrons. The van der Waals surface area contributed by atoms with Gasteiger partial charge in [-0.15, -0.1) is 13.2 Å². The summed E-state index contributed by atoms with van der Waals surface area (Å²) in [5.41, 5.74) is 0.780. The quantitative estimate of drug-likeness (QED) is 0.835. The maximum Gasteiger partial charge on any atom is 0.573 e. The van der Waals surface area contributed by atoms with Crippen molar-refractivity contribution in [3.05, 3.63) is 60.2 Å². The highest BCUT2D eigenvalue weighted by Crippen LogP contribution is 2.42. The SMILES string of the molecule is O=S(=O)(NC(c1ccccc1)C1CC1)c1ccccc1OC(F)(F)F. The Labute approximate surface area is 143 Å². The molecule has 0 heterocycles. The molecule has 1 aliphatic carbocycles. The maximum atomic E-state index is 12.7. The van der Waals surface area contributed by atoms with Crippen LogP contribution >= 0.6 is 0 Å². The first-order chi connectivity index (χ1) is 11.8. The molecule has 1 saturated carbocycles. The summed E-state index contributed by atoms with van der Waals surface area (Å²) >= 11 is 0. The summed E-state index contributed by atoms with van der Waals surface area (Å²) in [4.78, 5) is -0.533. The van der Waals surface area contributed by atoms with Crippen molar-refractivity contribution in [1.82, 2.24) is 4.72 Å². The average molecular weight is 371 g/mol. The Morgan fingerprint density at radius 2 is 1.60 bits per heavy atom.